The highest BCUT2D eigenvalue weighted by Crippen LogP contribution is 2.35. The molecule has 1 fully saturated rings. The van der Waals surface area contributed by atoms with E-state index in [2.05, 4.69) is 11.5 Å². The van der Waals surface area contributed by atoms with Crippen LogP contribution in [0.4, 0.5) is 13.2 Å². The van der Waals surface area contributed by atoms with Crippen molar-refractivity contribution in [3.63, 3.8) is 0 Å². The van der Waals surface area contributed by atoms with Gasteiger partial charge in [0.1, 0.15) is 12.7 Å². The molecule has 3 aromatic rings. The molecule has 51 heavy (non-hydrogen) atoms. The molecule has 274 valence electrons. The number of allylic oxidation sites excluding steroid dienone is 1. The van der Waals surface area contributed by atoms with Crippen molar-refractivity contribution in [2.24, 2.45) is 5.92 Å². The zero-order chi connectivity index (χ0) is 36.7. The van der Waals surface area contributed by atoms with Crippen molar-refractivity contribution < 1.29 is 46.8 Å². The number of halogens is 3. The van der Waals surface area contributed by atoms with E-state index in [0.717, 1.165) is 16.8 Å². The summed E-state index contributed by atoms with van der Waals surface area (Å²) in [4.78, 5) is 30.5. The van der Waals surface area contributed by atoms with Gasteiger partial charge in [-0.25, -0.2) is 0 Å². The molecule has 3 aromatic carbocycles. The van der Waals surface area contributed by atoms with Gasteiger partial charge in [0.25, 0.3) is 5.91 Å². The number of ether oxygens (including phenoxy) is 4. The quantitative estimate of drug-likeness (QED) is 0.221. The summed E-state index contributed by atoms with van der Waals surface area (Å²) in [6.45, 7) is 8.36. The lowest BCUT2D eigenvalue weighted by atomic mass is 9.94. The second-order valence-electron chi connectivity index (χ2n) is 12.9. The summed E-state index contributed by atoms with van der Waals surface area (Å²) < 4.78 is 65.8. The molecule has 2 heterocycles. The van der Waals surface area contributed by atoms with Gasteiger partial charge >= 0.3 is 6.18 Å². The average Bonchev–Trinajstić information content (AvgIpc) is 3.59. The SMILES string of the molecule is C=C(C)N1CCC(C(=O)N(CCc2ccc3c(c2)OCO3)CC(O)C(NC(=O)c2cc(C)c(OCc3ccccc3)c(OC)c2)C(F)(F)F)CC1. The Hall–Kier alpha value is -4.91. The number of piperidine rings is 1. The molecule has 10 nitrogen and oxygen atoms in total. The number of rotatable bonds is 14. The van der Waals surface area contributed by atoms with Gasteiger partial charge in [-0.2, -0.15) is 13.2 Å². The number of aryl methyl sites for hydroxylation is 1. The molecule has 0 spiro atoms. The van der Waals surface area contributed by atoms with Gasteiger partial charge in [0.15, 0.2) is 29.0 Å². The molecule has 0 bridgehead atoms. The lowest BCUT2D eigenvalue weighted by Gasteiger charge is -2.37. The Morgan fingerprint density at radius 1 is 1.06 bits per heavy atom. The molecule has 0 aliphatic carbocycles. The number of likely N-dealkylation sites (tertiary alicyclic amines) is 1. The molecule has 2 amide bonds. The Morgan fingerprint density at radius 2 is 1.76 bits per heavy atom. The van der Waals surface area contributed by atoms with E-state index in [4.69, 9.17) is 18.9 Å². The third kappa shape index (κ3) is 9.46. The standard InChI is InChI=1S/C38H44F3N3O7/c1-24(2)43-16-13-28(14-17-43)37(47)44(15-12-26-10-11-31-32(19-26)51-23-50-31)21-30(45)35(38(39,40)41)42-36(46)29-18-25(3)34(33(20-29)48-4)49-22-27-8-6-5-7-9-27/h5-11,18-20,28,30,35,45H,1,12-17,21-23H2,2-4H3,(H,42,46). The van der Waals surface area contributed by atoms with E-state index < -0.39 is 36.7 Å². The molecule has 0 saturated carbocycles. The van der Waals surface area contributed by atoms with Crippen LogP contribution in [0.3, 0.4) is 0 Å². The fourth-order valence-corrected chi connectivity index (χ4v) is 6.31. The number of benzene rings is 3. The summed E-state index contributed by atoms with van der Waals surface area (Å²) in [7, 11) is 1.37. The summed E-state index contributed by atoms with van der Waals surface area (Å²) in [6.07, 6.45) is -5.92. The van der Waals surface area contributed by atoms with Gasteiger partial charge in [-0.05, 0) is 74.1 Å². The third-order valence-electron chi connectivity index (χ3n) is 9.18. The van der Waals surface area contributed by atoms with Crippen LogP contribution in [0.2, 0.25) is 0 Å². The molecule has 2 atom stereocenters. The lowest BCUT2D eigenvalue weighted by molar-refractivity contribution is -0.178. The van der Waals surface area contributed by atoms with Gasteiger partial charge in [0.2, 0.25) is 12.7 Å². The van der Waals surface area contributed by atoms with Crippen molar-refractivity contribution in [1.82, 2.24) is 15.1 Å². The summed E-state index contributed by atoms with van der Waals surface area (Å²) in [6, 6.07) is 14.7. The molecule has 13 heteroatoms. The Morgan fingerprint density at radius 3 is 2.43 bits per heavy atom. The maximum atomic E-state index is 14.5. The Kier molecular flexibility index (Phi) is 12.0. The predicted molar refractivity (Wildman–Crippen MR) is 184 cm³/mol. The Labute approximate surface area is 295 Å². The molecule has 2 N–H and O–H groups in total. The van der Waals surface area contributed by atoms with Crippen LogP contribution in [-0.2, 0) is 17.8 Å². The van der Waals surface area contributed by atoms with Crippen molar-refractivity contribution >= 4 is 11.8 Å². The smallest absolute Gasteiger partial charge is 0.411 e. The average molecular weight is 712 g/mol. The maximum absolute atomic E-state index is 14.5. The van der Waals surface area contributed by atoms with Gasteiger partial charge in [0.05, 0.1) is 7.11 Å². The predicted octanol–water partition coefficient (Wildman–Crippen LogP) is 5.65. The fraction of sp³-hybridized carbons (Fsp3) is 0.421. The van der Waals surface area contributed by atoms with E-state index in [1.54, 1.807) is 25.1 Å². The summed E-state index contributed by atoms with van der Waals surface area (Å²) in [5.41, 5.74) is 2.91. The number of aliphatic hydroxyl groups is 1. The van der Waals surface area contributed by atoms with Crippen LogP contribution in [0.15, 0.2) is 72.9 Å². The third-order valence-corrected chi connectivity index (χ3v) is 9.18. The van der Waals surface area contributed by atoms with Gasteiger partial charge in [-0.3, -0.25) is 9.59 Å². The van der Waals surface area contributed by atoms with Gasteiger partial charge in [-0.1, -0.05) is 43.0 Å². The van der Waals surface area contributed by atoms with Crippen LogP contribution in [0.25, 0.3) is 0 Å². The van der Waals surface area contributed by atoms with Crippen molar-refractivity contribution in [2.75, 3.05) is 40.1 Å². The van der Waals surface area contributed by atoms with Crippen LogP contribution in [0.1, 0.15) is 46.8 Å². The zero-order valence-electron chi connectivity index (χ0n) is 29.0. The van der Waals surface area contributed by atoms with Crippen LogP contribution >= 0.6 is 0 Å². The Bertz CT molecular complexity index is 1690. The number of hydrogen-bond donors (Lipinski definition) is 2. The highest BCUT2D eigenvalue weighted by atomic mass is 19.4. The number of hydrogen-bond acceptors (Lipinski definition) is 8. The topological polar surface area (TPSA) is 110 Å². The Balaban J connectivity index is 1.32. The minimum atomic E-state index is -5.04. The van der Waals surface area contributed by atoms with Gasteiger partial charge in [0, 0.05) is 43.4 Å². The van der Waals surface area contributed by atoms with E-state index in [-0.39, 0.29) is 37.2 Å². The van der Waals surface area contributed by atoms with Crippen LogP contribution in [0, 0.1) is 12.8 Å². The monoisotopic (exact) mass is 711 g/mol. The van der Waals surface area contributed by atoms with Crippen molar-refractivity contribution in [1.29, 1.82) is 0 Å². The molecule has 2 aliphatic heterocycles. The number of carbonyl (C=O) groups excluding carboxylic acids is 2. The van der Waals surface area contributed by atoms with E-state index in [1.165, 1.54) is 24.1 Å². The van der Waals surface area contributed by atoms with Crippen LogP contribution in [-0.4, -0.2) is 85.1 Å². The maximum Gasteiger partial charge on any atom is 0.411 e. The number of methoxy groups -OCH3 is 1. The van der Waals surface area contributed by atoms with Crippen LogP contribution < -0.4 is 24.3 Å². The second-order valence-corrected chi connectivity index (χ2v) is 12.9. The first-order chi connectivity index (χ1) is 24.3. The van der Waals surface area contributed by atoms with Crippen molar-refractivity contribution in [3.05, 3.63) is 95.2 Å². The number of carbonyl (C=O) groups is 2. The molecule has 0 radical (unpaired) electrons. The summed E-state index contributed by atoms with van der Waals surface area (Å²) >= 11 is 0. The number of amides is 2. The number of alkyl halides is 3. The number of nitrogens with one attached hydrogen (secondary N) is 1. The number of aliphatic hydroxyl groups excluding tert-OH is 1. The zero-order valence-corrected chi connectivity index (χ0v) is 29.0. The molecule has 2 unspecified atom stereocenters. The number of nitrogens with zero attached hydrogens (tertiary/aromatic N) is 2. The van der Waals surface area contributed by atoms with E-state index >= 15 is 0 Å². The van der Waals surface area contributed by atoms with E-state index in [9.17, 15) is 27.9 Å². The first-order valence-electron chi connectivity index (χ1n) is 16.8. The molecule has 5 rings (SSSR count). The van der Waals surface area contributed by atoms with Crippen LogP contribution in [0.5, 0.6) is 23.0 Å². The molecule has 0 aromatic heterocycles. The number of fused-ring (bicyclic) bond motifs is 1. The van der Waals surface area contributed by atoms with E-state index in [0.29, 0.717) is 55.2 Å². The van der Waals surface area contributed by atoms with E-state index in [1.807, 2.05) is 42.6 Å². The largest absolute Gasteiger partial charge is 0.493 e. The minimum absolute atomic E-state index is 0.0373. The second kappa shape index (κ2) is 16.4. The highest BCUT2D eigenvalue weighted by Gasteiger charge is 2.46. The van der Waals surface area contributed by atoms with Crippen molar-refractivity contribution in [3.8, 4) is 23.0 Å². The van der Waals surface area contributed by atoms with Gasteiger partial charge < -0.3 is 39.2 Å². The lowest BCUT2D eigenvalue weighted by Crippen LogP contribution is -2.57. The molecular weight excluding hydrogens is 667 g/mol. The molecule has 1 saturated heterocycles. The molecular formula is C38H44F3N3O7. The molecule has 2 aliphatic rings. The fourth-order valence-electron chi connectivity index (χ4n) is 6.31. The highest BCUT2D eigenvalue weighted by molar-refractivity contribution is 5.95. The van der Waals surface area contributed by atoms with Crippen molar-refractivity contribution in [2.45, 2.75) is 58.0 Å². The minimum Gasteiger partial charge on any atom is -0.493 e. The first-order valence-corrected chi connectivity index (χ1v) is 16.8. The van der Waals surface area contributed by atoms with Gasteiger partial charge in [-0.15, -0.1) is 0 Å². The normalized spacial score (nSPS) is 15.5. The summed E-state index contributed by atoms with van der Waals surface area (Å²) in [5.74, 6) is -0.235. The first kappa shape index (κ1) is 37.3. The summed E-state index contributed by atoms with van der Waals surface area (Å²) in [5, 5.41) is 13.1.